The van der Waals surface area contributed by atoms with Gasteiger partial charge in [-0.1, -0.05) is 6.07 Å². The van der Waals surface area contributed by atoms with E-state index in [9.17, 15) is 4.79 Å². The summed E-state index contributed by atoms with van der Waals surface area (Å²) in [6.45, 7) is 0.952. The lowest BCUT2D eigenvalue weighted by Gasteiger charge is -2.11. The molecule has 0 radical (unpaired) electrons. The molecule has 1 aliphatic heterocycles. The number of nitrogens with zero attached hydrogens (tertiary/aromatic N) is 7. The number of fused-ring (bicyclic) bond motifs is 1. The number of primary amides is 1. The number of pyridine rings is 1. The van der Waals surface area contributed by atoms with Crippen LogP contribution in [-0.4, -0.2) is 49.0 Å². The minimum Gasteiger partial charge on any atom is -0.369 e. The molecule has 2 N–H and O–H groups in total. The van der Waals surface area contributed by atoms with E-state index >= 15 is 0 Å². The molecular formula is C16H18N8O. The van der Waals surface area contributed by atoms with Crippen LogP contribution in [0.2, 0.25) is 0 Å². The van der Waals surface area contributed by atoms with E-state index in [1.807, 2.05) is 26.4 Å². The molecular weight excluding hydrogens is 320 g/mol. The highest BCUT2D eigenvalue weighted by Crippen LogP contribution is 2.28. The van der Waals surface area contributed by atoms with Gasteiger partial charge in [0.2, 0.25) is 5.91 Å². The van der Waals surface area contributed by atoms with Gasteiger partial charge in [0.25, 0.3) is 0 Å². The molecule has 9 nitrogen and oxygen atoms in total. The Morgan fingerprint density at radius 2 is 2.12 bits per heavy atom. The highest BCUT2D eigenvalue weighted by Gasteiger charge is 2.21. The van der Waals surface area contributed by atoms with Gasteiger partial charge in [-0.2, -0.15) is 5.10 Å². The Balaban J connectivity index is 1.84. The van der Waals surface area contributed by atoms with Crippen LogP contribution < -0.4 is 10.6 Å². The second-order valence-corrected chi connectivity index (χ2v) is 6.13. The lowest BCUT2D eigenvalue weighted by Crippen LogP contribution is -2.14. The molecule has 128 valence electrons. The van der Waals surface area contributed by atoms with E-state index in [2.05, 4.69) is 26.1 Å². The second-order valence-electron chi connectivity index (χ2n) is 6.13. The van der Waals surface area contributed by atoms with Crippen molar-refractivity contribution in [1.29, 1.82) is 0 Å². The van der Waals surface area contributed by atoms with Crippen LogP contribution in [0.5, 0.6) is 0 Å². The monoisotopic (exact) mass is 338 g/mol. The number of likely N-dealkylation sites (N-methyl/N-ethyl adjacent to an activating group) is 1. The fourth-order valence-electron chi connectivity index (χ4n) is 2.97. The molecule has 0 spiro atoms. The highest BCUT2D eigenvalue weighted by molar-refractivity contribution is 5.75. The number of aryl methyl sites for hydroxylation is 1. The summed E-state index contributed by atoms with van der Waals surface area (Å²) in [6.07, 6.45) is 4.48. The summed E-state index contributed by atoms with van der Waals surface area (Å²) in [7, 11) is 3.85. The summed E-state index contributed by atoms with van der Waals surface area (Å²) >= 11 is 0. The Hall–Kier alpha value is -3.23. The molecule has 0 bridgehead atoms. The van der Waals surface area contributed by atoms with Crippen molar-refractivity contribution in [3.8, 4) is 17.2 Å². The molecule has 4 rings (SSSR count). The molecule has 1 amide bonds. The number of nitrogens with two attached hydrogens (primary N) is 1. The Kier molecular flexibility index (Phi) is 3.48. The van der Waals surface area contributed by atoms with Crippen LogP contribution in [0.25, 0.3) is 17.2 Å². The number of anilines is 1. The number of hydrogen-bond donors (Lipinski definition) is 1. The van der Waals surface area contributed by atoms with E-state index in [1.165, 1.54) is 5.56 Å². The normalized spacial score (nSPS) is 13.3. The van der Waals surface area contributed by atoms with Crippen molar-refractivity contribution < 1.29 is 4.79 Å². The van der Waals surface area contributed by atoms with Gasteiger partial charge in [0, 0.05) is 20.6 Å². The first kappa shape index (κ1) is 15.3. The lowest BCUT2D eigenvalue weighted by molar-refractivity contribution is -0.117. The molecule has 3 aromatic rings. The van der Waals surface area contributed by atoms with Crippen LogP contribution in [0.1, 0.15) is 11.4 Å². The van der Waals surface area contributed by atoms with Crippen LogP contribution in [-0.2, 0) is 24.7 Å². The quantitative estimate of drug-likeness (QED) is 0.722. The van der Waals surface area contributed by atoms with Gasteiger partial charge in [-0.3, -0.25) is 9.48 Å². The van der Waals surface area contributed by atoms with Crippen molar-refractivity contribution in [1.82, 2.24) is 29.5 Å². The molecule has 9 heteroatoms. The third-order valence-electron chi connectivity index (χ3n) is 4.18. The Labute approximate surface area is 144 Å². The summed E-state index contributed by atoms with van der Waals surface area (Å²) in [5.41, 5.74) is 7.95. The summed E-state index contributed by atoms with van der Waals surface area (Å²) in [5.74, 6) is 1.40. The van der Waals surface area contributed by atoms with Crippen molar-refractivity contribution >= 4 is 11.7 Å². The van der Waals surface area contributed by atoms with Gasteiger partial charge >= 0.3 is 0 Å². The predicted molar refractivity (Wildman–Crippen MR) is 91.2 cm³/mol. The molecule has 0 aromatic carbocycles. The lowest BCUT2D eigenvalue weighted by atomic mass is 10.2. The fraction of sp³-hybridized carbons (Fsp3) is 0.312. The topological polar surface area (TPSA) is 108 Å². The summed E-state index contributed by atoms with van der Waals surface area (Å²) in [5, 5.41) is 8.60. The smallest absolute Gasteiger partial charge is 0.225 e. The van der Waals surface area contributed by atoms with E-state index in [-0.39, 0.29) is 6.42 Å². The third-order valence-corrected chi connectivity index (χ3v) is 4.18. The number of aromatic nitrogens is 6. The van der Waals surface area contributed by atoms with Crippen LogP contribution in [0.15, 0.2) is 24.5 Å². The zero-order chi connectivity index (χ0) is 17.6. The fourth-order valence-corrected chi connectivity index (χ4v) is 2.97. The number of amides is 1. The average molecular weight is 338 g/mol. The molecule has 0 saturated heterocycles. The van der Waals surface area contributed by atoms with Crippen LogP contribution in [0, 0.1) is 0 Å². The van der Waals surface area contributed by atoms with Gasteiger partial charge in [-0.05, 0) is 18.1 Å². The van der Waals surface area contributed by atoms with E-state index in [4.69, 9.17) is 10.7 Å². The average Bonchev–Trinajstić information content (AvgIpc) is 3.26. The van der Waals surface area contributed by atoms with Gasteiger partial charge in [-0.15, -0.1) is 5.10 Å². The van der Waals surface area contributed by atoms with Gasteiger partial charge in [0.1, 0.15) is 17.2 Å². The molecule has 0 atom stereocenters. The molecule has 4 heterocycles. The zero-order valence-corrected chi connectivity index (χ0v) is 14.0. The molecule has 1 aliphatic rings. The number of carbonyl (C=O) groups excluding carboxylic acids is 1. The molecule has 25 heavy (non-hydrogen) atoms. The van der Waals surface area contributed by atoms with Crippen LogP contribution in [0.4, 0.5) is 5.82 Å². The maximum absolute atomic E-state index is 11.3. The van der Waals surface area contributed by atoms with Gasteiger partial charge < -0.3 is 10.6 Å². The summed E-state index contributed by atoms with van der Waals surface area (Å²) in [4.78, 5) is 22.6. The van der Waals surface area contributed by atoms with E-state index in [1.54, 1.807) is 15.6 Å². The first-order valence-corrected chi connectivity index (χ1v) is 7.96. The number of carbonyl (C=O) groups is 1. The zero-order valence-electron chi connectivity index (χ0n) is 14.0. The Bertz CT molecular complexity index is 957. The molecule has 3 aromatic heterocycles. The van der Waals surface area contributed by atoms with E-state index in [0.717, 1.165) is 24.5 Å². The van der Waals surface area contributed by atoms with E-state index in [0.29, 0.717) is 17.3 Å². The van der Waals surface area contributed by atoms with Gasteiger partial charge in [0.05, 0.1) is 18.8 Å². The molecule has 0 aliphatic carbocycles. The van der Waals surface area contributed by atoms with Crippen molar-refractivity contribution in [2.24, 2.45) is 12.8 Å². The first-order chi connectivity index (χ1) is 12.0. The van der Waals surface area contributed by atoms with Crippen molar-refractivity contribution in [3.63, 3.8) is 0 Å². The highest BCUT2D eigenvalue weighted by atomic mass is 16.1. The predicted octanol–water partition coefficient (Wildman–Crippen LogP) is 0.0829. The second kappa shape index (κ2) is 5.69. The largest absolute Gasteiger partial charge is 0.369 e. The minimum absolute atomic E-state index is 0.0227. The maximum atomic E-state index is 11.3. The maximum Gasteiger partial charge on any atom is 0.225 e. The number of hydrogen-bond acceptors (Lipinski definition) is 6. The summed E-state index contributed by atoms with van der Waals surface area (Å²) in [6, 6.07) is 4.00. The standard InChI is InChI=1S/C16H18N8O/c1-22-6-5-10-3-4-12(19-15(10)22)16-20-14(7-13(17)25)21-24(16)11-8-18-23(2)9-11/h3-4,8-9H,5-7H2,1-2H3,(H2,17,25). The first-order valence-electron chi connectivity index (χ1n) is 7.96. The Morgan fingerprint density at radius 3 is 2.84 bits per heavy atom. The van der Waals surface area contributed by atoms with Crippen molar-refractivity contribution in [2.75, 3.05) is 18.5 Å². The van der Waals surface area contributed by atoms with Crippen LogP contribution >= 0.6 is 0 Å². The molecule has 0 saturated carbocycles. The van der Waals surface area contributed by atoms with Crippen LogP contribution in [0.3, 0.4) is 0 Å². The van der Waals surface area contributed by atoms with E-state index < -0.39 is 5.91 Å². The number of rotatable bonds is 4. The van der Waals surface area contributed by atoms with Crippen molar-refractivity contribution in [2.45, 2.75) is 12.8 Å². The molecule has 0 fully saturated rings. The van der Waals surface area contributed by atoms with Gasteiger partial charge in [0.15, 0.2) is 11.6 Å². The van der Waals surface area contributed by atoms with Gasteiger partial charge in [-0.25, -0.2) is 14.6 Å². The SMILES string of the molecule is CN1CCc2ccc(-c3nc(CC(N)=O)nn3-c3cnn(C)c3)nc21. The summed E-state index contributed by atoms with van der Waals surface area (Å²) < 4.78 is 3.33. The van der Waals surface area contributed by atoms with Crippen molar-refractivity contribution in [3.05, 3.63) is 35.9 Å². The Morgan fingerprint density at radius 1 is 1.28 bits per heavy atom. The molecule has 0 unspecified atom stereocenters. The minimum atomic E-state index is -0.475. The third kappa shape index (κ3) is 2.73.